The maximum Gasteiger partial charge on any atom is 0.338 e. The highest BCUT2D eigenvalue weighted by atomic mass is 16.5. The smallest absolute Gasteiger partial charge is 0.338 e. The number of ether oxygens (including phenoxy) is 1. The molecule has 24 heavy (non-hydrogen) atoms. The van der Waals surface area contributed by atoms with Crippen LogP contribution in [0.4, 0.5) is 4.79 Å². The third kappa shape index (κ3) is 2.64. The predicted molar refractivity (Wildman–Crippen MR) is 86.2 cm³/mol. The molecule has 0 aliphatic carbocycles. The Labute approximate surface area is 137 Å². The predicted octanol–water partition coefficient (Wildman–Crippen LogP) is 1.98. The average molecular weight is 328 g/mol. The zero-order chi connectivity index (χ0) is 17.3. The number of carbonyl (C=O) groups is 2. The quantitative estimate of drug-likeness (QED) is 0.840. The van der Waals surface area contributed by atoms with Crippen molar-refractivity contribution in [1.82, 2.24) is 10.6 Å². The Bertz CT molecular complexity index is 913. The van der Waals surface area contributed by atoms with E-state index in [1.54, 1.807) is 38.1 Å². The number of esters is 1. The first-order valence-electron chi connectivity index (χ1n) is 7.48. The van der Waals surface area contributed by atoms with Gasteiger partial charge in [-0.05, 0) is 26.0 Å². The maximum absolute atomic E-state index is 12.8. The number of hydrogen-bond acceptors (Lipinski definition) is 5. The Morgan fingerprint density at radius 2 is 2.04 bits per heavy atom. The van der Waals surface area contributed by atoms with Crippen molar-refractivity contribution in [2.75, 3.05) is 6.61 Å². The lowest BCUT2D eigenvalue weighted by molar-refractivity contribution is -0.139. The SMILES string of the molecule is CCOC(=O)C1=C(C)NC(=O)N[C@@H]1c1coc2ccccc2c1=O. The van der Waals surface area contributed by atoms with Crippen molar-refractivity contribution < 1.29 is 18.7 Å². The number of para-hydroxylation sites is 1. The zero-order valence-electron chi connectivity index (χ0n) is 13.2. The lowest BCUT2D eigenvalue weighted by Gasteiger charge is -2.27. The van der Waals surface area contributed by atoms with E-state index in [2.05, 4.69) is 10.6 Å². The van der Waals surface area contributed by atoms with Gasteiger partial charge in [0.05, 0.1) is 29.2 Å². The normalized spacial score (nSPS) is 17.4. The van der Waals surface area contributed by atoms with E-state index in [0.717, 1.165) is 0 Å². The van der Waals surface area contributed by atoms with E-state index in [4.69, 9.17) is 9.15 Å². The molecule has 0 saturated carbocycles. The molecule has 0 bridgehead atoms. The maximum atomic E-state index is 12.8. The number of nitrogens with one attached hydrogen (secondary N) is 2. The standard InChI is InChI=1S/C17H16N2O5/c1-3-23-16(21)13-9(2)18-17(22)19-14(13)11-8-24-12-7-5-4-6-10(12)15(11)20/h4-8,14H,3H2,1-2H3,(H2,18,19,22)/t14-/m1/s1. The van der Waals surface area contributed by atoms with Gasteiger partial charge in [-0.15, -0.1) is 0 Å². The molecule has 1 atom stereocenters. The fourth-order valence-electron chi connectivity index (χ4n) is 2.70. The Hall–Kier alpha value is -3.09. The Morgan fingerprint density at radius 1 is 1.29 bits per heavy atom. The first-order chi connectivity index (χ1) is 11.5. The molecule has 2 amide bonds. The molecule has 2 N–H and O–H groups in total. The van der Waals surface area contributed by atoms with Gasteiger partial charge in [0.2, 0.25) is 0 Å². The molecule has 2 heterocycles. The summed E-state index contributed by atoms with van der Waals surface area (Å²) in [6.07, 6.45) is 1.27. The number of fused-ring (bicyclic) bond motifs is 1. The monoisotopic (exact) mass is 328 g/mol. The van der Waals surface area contributed by atoms with Gasteiger partial charge in [0.1, 0.15) is 11.8 Å². The molecular weight excluding hydrogens is 312 g/mol. The number of carbonyl (C=O) groups excluding carboxylic acids is 2. The van der Waals surface area contributed by atoms with E-state index in [-0.39, 0.29) is 23.2 Å². The summed E-state index contributed by atoms with van der Waals surface area (Å²) in [6, 6.07) is 5.35. The summed E-state index contributed by atoms with van der Waals surface area (Å²) >= 11 is 0. The molecule has 0 radical (unpaired) electrons. The number of amides is 2. The van der Waals surface area contributed by atoms with Gasteiger partial charge in [-0.2, -0.15) is 0 Å². The summed E-state index contributed by atoms with van der Waals surface area (Å²) in [4.78, 5) is 36.8. The highest BCUT2D eigenvalue weighted by Crippen LogP contribution is 2.27. The van der Waals surface area contributed by atoms with Gasteiger partial charge in [0.25, 0.3) is 0 Å². The summed E-state index contributed by atoms with van der Waals surface area (Å²) in [5.41, 5.74) is 0.822. The van der Waals surface area contributed by atoms with Crippen LogP contribution < -0.4 is 16.1 Å². The Morgan fingerprint density at radius 3 is 2.79 bits per heavy atom. The minimum atomic E-state index is -0.932. The number of hydrogen-bond donors (Lipinski definition) is 2. The summed E-state index contributed by atoms with van der Waals surface area (Å²) < 4.78 is 10.5. The molecule has 2 aromatic rings. The van der Waals surface area contributed by atoms with E-state index >= 15 is 0 Å². The van der Waals surface area contributed by atoms with E-state index in [1.807, 2.05) is 0 Å². The third-order valence-electron chi connectivity index (χ3n) is 3.78. The topological polar surface area (TPSA) is 97.6 Å². The molecule has 1 aliphatic heterocycles. The number of rotatable bonds is 3. The lowest BCUT2D eigenvalue weighted by atomic mass is 9.96. The van der Waals surface area contributed by atoms with Crippen LogP contribution in [0.15, 0.2) is 51.0 Å². The molecule has 0 saturated heterocycles. The summed E-state index contributed by atoms with van der Waals surface area (Å²) in [5, 5.41) is 5.49. The van der Waals surface area contributed by atoms with Crippen LogP contribution in [-0.2, 0) is 9.53 Å². The van der Waals surface area contributed by atoms with Gasteiger partial charge in [-0.3, -0.25) is 4.79 Å². The lowest BCUT2D eigenvalue weighted by Crippen LogP contribution is -2.46. The van der Waals surface area contributed by atoms with Gasteiger partial charge >= 0.3 is 12.0 Å². The van der Waals surface area contributed by atoms with Crippen LogP contribution in [-0.4, -0.2) is 18.6 Å². The number of allylic oxidation sites excluding steroid dienone is 1. The second-order valence-electron chi connectivity index (χ2n) is 5.31. The highest BCUT2D eigenvalue weighted by Gasteiger charge is 2.34. The van der Waals surface area contributed by atoms with Crippen molar-refractivity contribution in [3.8, 4) is 0 Å². The van der Waals surface area contributed by atoms with Crippen LogP contribution >= 0.6 is 0 Å². The van der Waals surface area contributed by atoms with E-state index < -0.39 is 18.0 Å². The van der Waals surface area contributed by atoms with Gasteiger partial charge in [0.15, 0.2) is 5.43 Å². The number of benzene rings is 1. The van der Waals surface area contributed by atoms with E-state index in [0.29, 0.717) is 16.7 Å². The Balaban J connectivity index is 2.17. The van der Waals surface area contributed by atoms with Crippen LogP contribution in [0.25, 0.3) is 11.0 Å². The Kier molecular flexibility index (Phi) is 4.07. The first-order valence-corrected chi connectivity index (χ1v) is 7.48. The molecule has 7 nitrogen and oxygen atoms in total. The van der Waals surface area contributed by atoms with Crippen molar-refractivity contribution in [1.29, 1.82) is 0 Å². The van der Waals surface area contributed by atoms with Crippen LogP contribution in [0.1, 0.15) is 25.5 Å². The van der Waals surface area contributed by atoms with Crippen LogP contribution in [0.3, 0.4) is 0 Å². The number of urea groups is 1. The molecule has 7 heteroatoms. The molecule has 1 aromatic carbocycles. The fourth-order valence-corrected chi connectivity index (χ4v) is 2.70. The first kappa shape index (κ1) is 15.8. The largest absolute Gasteiger partial charge is 0.464 e. The second kappa shape index (κ2) is 6.19. The molecule has 0 fully saturated rings. The van der Waals surface area contributed by atoms with Crippen molar-refractivity contribution >= 4 is 23.0 Å². The van der Waals surface area contributed by atoms with E-state index in [9.17, 15) is 14.4 Å². The molecule has 0 unspecified atom stereocenters. The molecule has 1 aliphatic rings. The minimum absolute atomic E-state index is 0.172. The molecule has 3 rings (SSSR count). The molecule has 0 spiro atoms. The van der Waals surface area contributed by atoms with Crippen LogP contribution in [0.2, 0.25) is 0 Å². The van der Waals surface area contributed by atoms with E-state index in [1.165, 1.54) is 6.26 Å². The van der Waals surface area contributed by atoms with Gasteiger partial charge < -0.3 is 19.8 Å². The summed E-state index contributed by atoms with van der Waals surface area (Å²) in [5.74, 6) is -0.597. The third-order valence-corrected chi connectivity index (χ3v) is 3.78. The van der Waals surface area contributed by atoms with Gasteiger partial charge in [-0.25, -0.2) is 9.59 Å². The second-order valence-corrected chi connectivity index (χ2v) is 5.31. The molecule has 1 aromatic heterocycles. The van der Waals surface area contributed by atoms with Crippen molar-refractivity contribution in [3.63, 3.8) is 0 Å². The van der Waals surface area contributed by atoms with Crippen molar-refractivity contribution in [3.05, 3.63) is 57.6 Å². The average Bonchev–Trinajstić information content (AvgIpc) is 2.55. The van der Waals surface area contributed by atoms with Gasteiger partial charge in [0, 0.05) is 5.70 Å². The summed E-state index contributed by atoms with van der Waals surface area (Å²) in [7, 11) is 0. The van der Waals surface area contributed by atoms with Gasteiger partial charge in [-0.1, -0.05) is 12.1 Å². The van der Waals surface area contributed by atoms with Crippen LogP contribution in [0, 0.1) is 0 Å². The van der Waals surface area contributed by atoms with Crippen molar-refractivity contribution in [2.24, 2.45) is 0 Å². The summed E-state index contributed by atoms with van der Waals surface area (Å²) in [6.45, 7) is 3.45. The highest BCUT2D eigenvalue weighted by molar-refractivity contribution is 5.95. The molecular formula is C17H16N2O5. The zero-order valence-corrected chi connectivity index (χ0v) is 13.2. The molecule has 124 valence electrons. The minimum Gasteiger partial charge on any atom is -0.464 e. The fraction of sp³-hybridized carbons (Fsp3) is 0.235. The van der Waals surface area contributed by atoms with Crippen LogP contribution in [0.5, 0.6) is 0 Å². The van der Waals surface area contributed by atoms with Crippen molar-refractivity contribution in [2.45, 2.75) is 19.9 Å².